The van der Waals surface area contributed by atoms with Gasteiger partial charge in [0.1, 0.15) is 5.82 Å². The van der Waals surface area contributed by atoms with Crippen LogP contribution in [-0.2, 0) is 4.79 Å². The van der Waals surface area contributed by atoms with Crippen LogP contribution in [0.4, 0.5) is 10.1 Å². The Morgan fingerprint density at radius 1 is 1.00 bits per heavy atom. The van der Waals surface area contributed by atoms with Crippen LogP contribution < -0.4 is 4.90 Å². The van der Waals surface area contributed by atoms with Crippen molar-refractivity contribution in [3.8, 4) is 0 Å². The van der Waals surface area contributed by atoms with Crippen molar-refractivity contribution in [1.29, 1.82) is 0 Å². The summed E-state index contributed by atoms with van der Waals surface area (Å²) in [6, 6.07) is 6.66. The molecule has 3 aliphatic rings. The van der Waals surface area contributed by atoms with Crippen LogP contribution in [0.2, 0.25) is 0 Å². The van der Waals surface area contributed by atoms with Crippen LogP contribution >= 0.6 is 0 Å². The van der Waals surface area contributed by atoms with Gasteiger partial charge in [0.2, 0.25) is 5.91 Å². The standard InChI is InChI=1S/C19H23FN2O/c20-16-4-6-17(7-5-16)21-8-1-9-22(11-10-21)19(23)18-13-14-2-3-15(18)12-14/h2-7,14-15,18H,1,8-13H2/t14-,15+,18-/m1/s1. The fourth-order valence-corrected chi connectivity index (χ4v) is 4.35. The highest BCUT2D eigenvalue weighted by Crippen LogP contribution is 2.44. The Labute approximate surface area is 136 Å². The molecule has 1 heterocycles. The molecule has 0 unspecified atom stereocenters. The predicted octanol–water partition coefficient (Wildman–Crippen LogP) is 3.08. The number of hydrogen-bond donors (Lipinski definition) is 0. The van der Waals surface area contributed by atoms with Gasteiger partial charge in [-0.25, -0.2) is 4.39 Å². The first kappa shape index (κ1) is 14.7. The number of halogens is 1. The van der Waals surface area contributed by atoms with Crippen molar-refractivity contribution in [3.05, 3.63) is 42.2 Å². The number of carbonyl (C=O) groups excluding carboxylic acids is 1. The predicted molar refractivity (Wildman–Crippen MR) is 88.7 cm³/mol. The molecule has 0 radical (unpaired) electrons. The minimum Gasteiger partial charge on any atom is -0.370 e. The second-order valence-electron chi connectivity index (χ2n) is 7.03. The maximum atomic E-state index is 13.1. The lowest BCUT2D eigenvalue weighted by molar-refractivity contribution is -0.136. The van der Waals surface area contributed by atoms with E-state index in [4.69, 9.17) is 0 Å². The zero-order valence-electron chi connectivity index (χ0n) is 13.3. The first-order valence-corrected chi connectivity index (χ1v) is 8.68. The summed E-state index contributed by atoms with van der Waals surface area (Å²) in [4.78, 5) is 17.2. The summed E-state index contributed by atoms with van der Waals surface area (Å²) in [6.07, 6.45) is 7.72. The van der Waals surface area contributed by atoms with E-state index in [2.05, 4.69) is 22.0 Å². The molecule has 3 nitrogen and oxygen atoms in total. The highest BCUT2D eigenvalue weighted by molar-refractivity contribution is 5.80. The second-order valence-corrected chi connectivity index (χ2v) is 7.03. The molecule has 2 aliphatic carbocycles. The van der Waals surface area contributed by atoms with E-state index in [1.165, 1.54) is 18.6 Å². The first-order chi connectivity index (χ1) is 11.2. The average Bonchev–Trinajstić information content (AvgIpc) is 3.11. The van der Waals surface area contributed by atoms with Gasteiger partial charge in [0.05, 0.1) is 0 Å². The molecule has 0 spiro atoms. The third kappa shape index (κ3) is 2.87. The van der Waals surface area contributed by atoms with Crippen LogP contribution in [0, 0.1) is 23.6 Å². The van der Waals surface area contributed by atoms with Gasteiger partial charge in [-0.2, -0.15) is 0 Å². The van der Waals surface area contributed by atoms with Crippen molar-refractivity contribution in [2.75, 3.05) is 31.1 Å². The monoisotopic (exact) mass is 314 g/mol. The van der Waals surface area contributed by atoms with E-state index >= 15 is 0 Å². The minimum absolute atomic E-state index is 0.204. The van der Waals surface area contributed by atoms with E-state index in [-0.39, 0.29) is 11.7 Å². The lowest BCUT2D eigenvalue weighted by Crippen LogP contribution is -2.40. The number of carbonyl (C=O) groups is 1. The van der Waals surface area contributed by atoms with E-state index in [1.807, 2.05) is 12.1 Å². The normalized spacial score (nSPS) is 29.9. The SMILES string of the molecule is O=C([C@@H]1C[C@@H]2C=C[C@H]1C2)N1CCCN(c2ccc(F)cc2)CC1. The van der Waals surface area contributed by atoms with E-state index < -0.39 is 0 Å². The van der Waals surface area contributed by atoms with Crippen LogP contribution in [0.25, 0.3) is 0 Å². The summed E-state index contributed by atoms with van der Waals surface area (Å²) < 4.78 is 13.1. The number of amides is 1. The smallest absolute Gasteiger partial charge is 0.226 e. The highest BCUT2D eigenvalue weighted by atomic mass is 19.1. The zero-order chi connectivity index (χ0) is 15.8. The largest absolute Gasteiger partial charge is 0.370 e. The number of anilines is 1. The fourth-order valence-electron chi connectivity index (χ4n) is 4.35. The Kier molecular flexibility index (Phi) is 3.83. The van der Waals surface area contributed by atoms with E-state index in [0.717, 1.165) is 44.7 Å². The highest BCUT2D eigenvalue weighted by Gasteiger charge is 2.41. The van der Waals surface area contributed by atoms with E-state index in [9.17, 15) is 9.18 Å². The summed E-state index contributed by atoms with van der Waals surface area (Å²) in [7, 11) is 0. The summed E-state index contributed by atoms with van der Waals surface area (Å²) in [6.45, 7) is 3.36. The van der Waals surface area contributed by atoms with Gasteiger partial charge < -0.3 is 9.80 Å². The molecule has 2 fully saturated rings. The number of fused-ring (bicyclic) bond motifs is 2. The lowest BCUT2D eigenvalue weighted by Gasteiger charge is -2.27. The van der Waals surface area contributed by atoms with Gasteiger partial charge in [0.15, 0.2) is 0 Å². The molecule has 1 aromatic rings. The third-order valence-electron chi connectivity index (χ3n) is 5.60. The molecule has 1 aromatic carbocycles. The molecule has 1 saturated heterocycles. The van der Waals surface area contributed by atoms with Gasteiger partial charge >= 0.3 is 0 Å². The van der Waals surface area contributed by atoms with Crippen LogP contribution in [0.5, 0.6) is 0 Å². The molecule has 1 amide bonds. The average molecular weight is 314 g/mol. The number of allylic oxidation sites excluding steroid dienone is 2. The maximum Gasteiger partial charge on any atom is 0.226 e. The fraction of sp³-hybridized carbons (Fsp3) is 0.526. The summed E-state index contributed by atoms with van der Waals surface area (Å²) in [5.41, 5.74) is 1.04. The van der Waals surface area contributed by atoms with Crippen molar-refractivity contribution in [1.82, 2.24) is 4.90 Å². The molecule has 3 atom stereocenters. The van der Waals surface area contributed by atoms with Gasteiger partial charge in [-0.3, -0.25) is 4.79 Å². The van der Waals surface area contributed by atoms with Gasteiger partial charge in [-0.1, -0.05) is 12.2 Å². The van der Waals surface area contributed by atoms with Crippen LogP contribution in [0.1, 0.15) is 19.3 Å². The summed E-state index contributed by atoms with van der Waals surface area (Å²) >= 11 is 0. The zero-order valence-corrected chi connectivity index (χ0v) is 13.3. The third-order valence-corrected chi connectivity index (χ3v) is 5.60. The van der Waals surface area contributed by atoms with Crippen LogP contribution in [0.15, 0.2) is 36.4 Å². The first-order valence-electron chi connectivity index (χ1n) is 8.68. The Hall–Kier alpha value is -1.84. The molecule has 0 aromatic heterocycles. The van der Waals surface area contributed by atoms with Crippen molar-refractivity contribution in [3.63, 3.8) is 0 Å². The molecule has 1 aliphatic heterocycles. The lowest BCUT2D eigenvalue weighted by atomic mass is 9.92. The molecular formula is C19H23FN2O. The molecule has 122 valence electrons. The number of hydrogen-bond acceptors (Lipinski definition) is 2. The van der Waals surface area contributed by atoms with Gasteiger partial charge in [0, 0.05) is 37.8 Å². The van der Waals surface area contributed by atoms with Crippen molar-refractivity contribution in [2.24, 2.45) is 17.8 Å². The van der Waals surface area contributed by atoms with Gasteiger partial charge in [-0.05, 0) is 55.4 Å². The van der Waals surface area contributed by atoms with Gasteiger partial charge in [0.25, 0.3) is 0 Å². The van der Waals surface area contributed by atoms with Gasteiger partial charge in [-0.15, -0.1) is 0 Å². The van der Waals surface area contributed by atoms with Crippen molar-refractivity contribution >= 4 is 11.6 Å². The molecule has 4 heteroatoms. The minimum atomic E-state index is -0.204. The molecule has 23 heavy (non-hydrogen) atoms. The molecule has 1 saturated carbocycles. The van der Waals surface area contributed by atoms with E-state index in [0.29, 0.717) is 17.7 Å². The Balaban J connectivity index is 1.40. The Morgan fingerprint density at radius 3 is 2.52 bits per heavy atom. The van der Waals surface area contributed by atoms with Crippen molar-refractivity contribution < 1.29 is 9.18 Å². The quantitative estimate of drug-likeness (QED) is 0.783. The molecule has 0 N–H and O–H groups in total. The molecule has 2 bridgehead atoms. The number of rotatable bonds is 2. The maximum absolute atomic E-state index is 13.1. The number of benzene rings is 1. The molecule has 4 rings (SSSR count). The Bertz CT molecular complexity index is 612. The Morgan fingerprint density at radius 2 is 1.83 bits per heavy atom. The van der Waals surface area contributed by atoms with Crippen molar-refractivity contribution in [2.45, 2.75) is 19.3 Å². The summed E-state index contributed by atoms with van der Waals surface area (Å²) in [5.74, 6) is 1.47. The van der Waals surface area contributed by atoms with E-state index in [1.54, 1.807) is 0 Å². The second kappa shape index (κ2) is 5.99. The summed E-state index contributed by atoms with van der Waals surface area (Å²) in [5, 5.41) is 0. The number of nitrogens with zero attached hydrogens (tertiary/aromatic N) is 2. The topological polar surface area (TPSA) is 23.6 Å². The van der Waals surface area contributed by atoms with Crippen LogP contribution in [0.3, 0.4) is 0 Å². The van der Waals surface area contributed by atoms with Crippen LogP contribution in [-0.4, -0.2) is 37.0 Å². The molecular weight excluding hydrogens is 291 g/mol.